The van der Waals surface area contributed by atoms with Crippen LogP contribution in [0.4, 0.5) is 4.39 Å². The molecule has 18 heavy (non-hydrogen) atoms. The van der Waals surface area contributed by atoms with Gasteiger partial charge in [-0.05, 0) is 24.1 Å². The van der Waals surface area contributed by atoms with Crippen molar-refractivity contribution < 1.29 is 19.4 Å². The molecule has 1 aromatic carbocycles. The molecule has 0 fully saturated rings. The van der Waals surface area contributed by atoms with E-state index in [1.165, 1.54) is 19.1 Å². The van der Waals surface area contributed by atoms with E-state index in [0.717, 1.165) is 17.8 Å². The molecule has 0 heterocycles. The van der Waals surface area contributed by atoms with Crippen LogP contribution in [-0.2, 0) is 4.79 Å². The van der Waals surface area contributed by atoms with Crippen LogP contribution in [0.2, 0.25) is 5.02 Å². The summed E-state index contributed by atoms with van der Waals surface area (Å²) < 4.78 is 12.9. The highest BCUT2D eigenvalue weighted by molar-refractivity contribution is 8.13. The van der Waals surface area contributed by atoms with E-state index in [1.807, 2.05) is 0 Å². The summed E-state index contributed by atoms with van der Waals surface area (Å²) in [6.07, 6.45) is -1.89. The van der Waals surface area contributed by atoms with Gasteiger partial charge in [-0.2, -0.15) is 0 Å². The van der Waals surface area contributed by atoms with Crippen molar-refractivity contribution in [2.24, 2.45) is 0 Å². The van der Waals surface area contributed by atoms with Crippen molar-refractivity contribution in [1.82, 2.24) is 0 Å². The first-order chi connectivity index (χ1) is 8.41. The van der Waals surface area contributed by atoms with Crippen molar-refractivity contribution in [1.29, 1.82) is 0 Å². The maximum Gasteiger partial charge on any atom is 0.185 e. The van der Waals surface area contributed by atoms with Gasteiger partial charge in [0.05, 0.1) is 11.1 Å². The molecule has 2 N–H and O–H groups in total. The fraction of sp³-hybridized carbons (Fsp3) is 0.417. The van der Waals surface area contributed by atoms with Crippen LogP contribution >= 0.6 is 23.4 Å². The molecule has 100 valence electrons. The van der Waals surface area contributed by atoms with Crippen molar-refractivity contribution in [2.45, 2.75) is 25.6 Å². The van der Waals surface area contributed by atoms with E-state index in [4.69, 9.17) is 11.6 Å². The summed E-state index contributed by atoms with van der Waals surface area (Å²) in [6.45, 7) is 1.44. The van der Waals surface area contributed by atoms with Gasteiger partial charge in [0.1, 0.15) is 11.9 Å². The molecule has 0 aromatic heterocycles. The number of halogens is 2. The molecule has 1 rings (SSSR count). The normalized spacial score (nSPS) is 14.3. The first kappa shape index (κ1) is 15.4. The van der Waals surface area contributed by atoms with Crippen LogP contribution in [-0.4, -0.2) is 27.2 Å². The van der Waals surface area contributed by atoms with Crippen LogP contribution in [0.1, 0.15) is 25.0 Å². The van der Waals surface area contributed by atoms with Crippen LogP contribution in [0.3, 0.4) is 0 Å². The average Bonchev–Trinajstić information content (AvgIpc) is 2.31. The Morgan fingerprint density at radius 2 is 2.17 bits per heavy atom. The van der Waals surface area contributed by atoms with Gasteiger partial charge in [0, 0.05) is 12.7 Å². The number of aliphatic hydroxyl groups excluding tert-OH is 2. The predicted octanol–water partition coefficient (Wildman–Crippen LogP) is 2.54. The zero-order valence-electron chi connectivity index (χ0n) is 9.77. The Balaban J connectivity index is 2.59. The number of hydrogen-bond acceptors (Lipinski definition) is 4. The Morgan fingerprint density at radius 3 is 2.72 bits per heavy atom. The molecular formula is C12H14ClFO3S. The Labute approximate surface area is 114 Å². The molecule has 0 aliphatic rings. The predicted molar refractivity (Wildman–Crippen MR) is 70.1 cm³/mol. The summed E-state index contributed by atoms with van der Waals surface area (Å²) in [6, 6.07) is 3.79. The summed E-state index contributed by atoms with van der Waals surface area (Å²) in [4.78, 5) is 10.7. The number of hydrogen-bond donors (Lipinski definition) is 2. The molecular weight excluding hydrogens is 279 g/mol. The molecule has 0 saturated carbocycles. The highest BCUT2D eigenvalue weighted by atomic mass is 35.5. The second-order valence-corrected chi connectivity index (χ2v) is 5.49. The zero-order chi connectivity index (χ0) is 13.7. The lowest BCUT2D eigenvalue weighted by molar-refractivity contribution is -0.109. The largest absolute Gasteiger partial charge is 0.390 e. The van der Waals surface area contributed by atoms with E-state index >= 15 is 0 Å². The summed E-state index contributed by atoms with van der Waals surface area (Å²) in [5.41, 5.74) is 0.349. The Kier molecular flexibility index (Phi) is 6.08. The third-order valence-corrected chi connectivity index (χ3v) is 3.50. The van der Waals surface area contributed by atoms with Crippen LogP contribution < -0.4 is 0 Å². The van der Waals surface area contributed by atoms with Crippen molar-refractivity contribution in [3.63, 3.8) is 0 Å². The Morgan fingerprint density at radius 1 is 1.50 bits per heavy atom. The molecule has 3 nitrogen and oxygen atoms in total. The quantitative estimate of drug-likeness (QED) is 0.876. The molecule has 0 spiro atoms. The standard InChI is InChI=1S/C12H14ClFO3S/c1-7(15)18-5-4-11(16)12(17)8-2-3-10(14)9(13)6-8/h2-3,6,11-12,16-17H,4-5H2,1H3. The van der Waals surface area contributed by atoms with Gasteiger partial charge in [0.2, 0.25) is 0 Å². The van der Waals surface area contributed by atoms with E-state index in [1.54, 1.807) is 0 Å². The summed E-state index contributed by atoms with van der Waals surface area (Å²) in [5, 5.41) is 19.4. The van der Waals surface area contributed by atoms with Gasteiger partial charge < -0.3 is 10.2 Å². The monoisotopic (exact) mass is 292 g/mol. The molecule has 6 heteroatoms. The minimum atomic E-state index is -1.14. The summed E-state index contributed by atoms with van der Waals surface area (Å²) in [5.74, 6) is -0.156. The first-order valence-electron chi connectivity index (χ1n) is 5.36. The van der Waals surface area contributed by atoms with Gasteiger partial charge in [0.25, 0.3) is 0 Å². The Hall–Kier alpha value is -0.620. The average molecular weight is 293 g/mol. The van der Waals surface area contributed by atoms with E-state index in [-0.39, 0.29) is 16.6 Å². The highest BCUT2D eigenvalue weighted by Gasteiger charge is 2.19. The fourth-order valence-corrected chi connectivity index (χ4v) is 2.24. The molecule has 2 atom stereocenters. The molecule has 0 amide bonds. The molecule has 0 saturated heterocycles. The van der Waals surface area contributed by atoms with Crippen LogP contribution in [0.25, 0.3) is 0 Å². The van der Waals surface area contributed by atoms with E-state index in [9.17, 15) is 19.4 Å². The lowest BCUT2D eigenvalue weighted by Gasteiger charge is -2.18. The van der Waals surface area contributed by atoms with Crippen molar-refractivity contribution >= 4 is 28.5 Å². The molecule has 0 aliphatic heterocycles. The maximum atomic E-state index is 12.9. The Bertz CT molecular complexity index is 428. The SMILES string of the molecule is CC(=O)SCCC(O)C(O)c1ccc(F)c(Cl)c1. The first-order valence-corrected chi connectivity index (χ1v) is 6.72. The third-order valence-electron chi connectivity index (χ3n) is 2.37. The lowest BCUT2D eigenvalue weighted by Crippen LogP contribution is -2.19. The summed E-state index contributed by atoms with van der Waals surface area (Å²) >= 11 is 6.67. The number of carbonyl (C=O) groups excluding carboxylic acids is 1. The number of aliphatic hydroxyl groups is 2. The van der Waals surface area contributed by atoms with Gasteiger partial charge in [-0.1, -0.05) is 29.4 Å². The van der Waals surface area contributed by atoms with E-state index in [2.05, 4.69) is 0 Å². The van der Waals surface area contributed by atoms with Gasteiger partial charge >= 0.3 is 0 Å². The second kappa shape index (κ2) is 7.09. The highest BCUT2D eigenvalue weighted by Crippen LogP contribution is 2.24. The molecule has 0 bridgehead atoms. The van der Waals surface area contributed by atoms with Gasteiger partial charge in [0.15, 0.2) is 5.12 Å². The fourth-order valence-electron chi connectivity index (χ4n) is 1.40. The van der Waals surface area contributed by atoms with Crippen molar-refractivity contribution in [3.05, 3.63) is 34.6 Å². The maximum absolute atomic E-state index is 12.9. The smallest absolute Gasteiger partial charge is 0.185 e. The van der Waals surface area contributed by atoms with Gasteiger partial charge in [-0.15, -0.1) is 0 Å². The molecule has 2 unspecified atom stereocenters. The van der Waals surface area contributed by atoms with Crippen molar-refractivity contribution in [3.8, 4) is 0 Å². The number of rotatable bonds is 5. The summed E-state index contributed by atoms with van der Waals surface area (Å²) in [7, 11) is 0. The lowest BCUT2D eigenvalue weighted by atomic mass is 10.0. The molecule has 0 aliphatic carbocycles. The molecule has 0 radical (unpaired) electrons. The van der Waals surface area contributed by atoms with Crippen LogP contribution in [0.15, 0.2) is 18.2 Å². The topological polar surface area (TPSA) is 57.5 Å². The number of carbonyl (C=O) groups is 1. The van der Waals surface area contributed by atoms with Crippen LogP contribution in [0.5, 0.6) is 0 Å². The van der Waals surface area contributed by atoms with E-state index < -0.39 is 18.0 Å². The third kappa shape index (κ3) is 4.57. The minimum absolute atomic E-state index is 0.0403. The van der Waals surface area contributed by atoms with Crippen molar-refractivity contribution in [2.75, 3.05) is 5.75 Å². The number of benzene rings is 1. The van der Waals surface area contributed by atoms with Crippen LogP contribution in [0, 0.1) is 5.82 Å². The minimum Gasteiger partial charge on any atom is -0.390 e. The van der Waals surface area contributed by atoms with Gasteiger partial charge in [-0.25, -0.2) is 4.39 Å². The zero-order valence-corrected chi connectivity index (χ0v) is 11.3. The van der Waals surface area contributed by atoms with E-state index in [0.29, 0.717) is 11.3 Å². The number of thioether (sulfide) groups is 1. The van der Waals surface area contributed by atoms with Gasteiger partial charge in [-0.3, -0.25) is 4.79 Å². The second-order valence-electron chi connectivity index (χ2n) is 3.81. The molecule has 1 aromatic rings.